The Balaban J connectivity index is 1.80. The fourth-order valence-corrected chi connectivity index (χ4v) is 2.80. The first-order valence-corrected chi connectivity index (χ1v) is 9.37. The first-order valence-electron chi connectivity index (χ1n) is 9.37. The van der Waals surface area contributed by atoms with Crippen molar-refractivity contribution < 1.29 is 9.53 Å². The molecular weight excluding hydrogens is 338 g/mol. The third-order valence-electron chi connectivity index (χ3n) is 4.81. The van der Waals surface area contributed by atoms with Crippen LogP contribution in [0, 0.1) is 12.8 Å². The van der Waals surface area contributed by atoms with E-state index in [0.29, 0.717) is 12.5 Å². The Morgan fingerprint density at radius 1 is 1.11 bits per heavy atom. The maximum absolute atomic E-state index is 12.5. The topological polar surface area (TPSA) is 56.2 Å². The van der Waals surface area contributed by atoms with E-state index in [1.54, 1.807) is 0 Å². The second-order valence-corrected chi connectivity index (χ2v) is 7.30. The zero-order valence-corrected chi connectivity index (χ0v) is 16.4. The van der Waals surface area contributed by atoms with E-state index in [2.05, 4.69) is 24.1 Å². The van der Waals surface area contributed by atoms with Gasteiger partial charge in [0.2, 0.25) is 5.91 Å². The summed E-state index contributed by atoms with van der Waals surface area (Å²) in [4.78, 5) is 17.2. The molecule has 0 bridgehead atoms. The van der Waals surface area contributed by atoms with E-state index in [-0.39, 0.29) is 18.5 Å². The zero-order chi connectivity index (χ0) is 19.4. The molecule has 1 N–H and O–H groups in total. The normalized spacial score (nSPS) is 12.3. The molecule has 1 amide bonds. The number of aryl methyl sites for hydroxylation is 1. The third kappa shape index (κ3) is 4.67. The average molecular weight is 365 g/mol. The summed E-state index contributed by atoms with van der Waals surface area (Å²) >= 11 is 0. The Labute approximate surface area is 160 Å². The number of aromatic nitrogens is 2. The van der Waals surface area contributed by atoms with Gasteiger partial charge in [0.05, 0.1) is 11.0 Å². The summed E-state index contributed by atoms with van der Waals surface area (Å²) in [5, 5.41) is 3.06. The lowest BCUT2D eigenvalue weighted by Crippen LogP contribution is -2.38. The molecule has 5 heteroatoms. The number of rotatable bonds is 7. The van der Waals surface area contributed by atoms with Crippen LogP contribution in [0.3, 0.4) is 0 Å². The number of amides is 1. The van der Waals surface area contributed by atoms with E-state index >= 15 is 0 Å². The third-order valence-corrected chi connectivity index (χ3v) is 4.81. The summed E-state index contributed by atoms with van der Waals surface area (Å²) in [6.07, 6.45) is 0. The minimum Gasteiger partial charge on any atom is -0.486 e. The van der Waals surface area contributed by atoms with Crippen LogP contribution < -0.4 is 10.1 Å². The number of para-hydroxylation sites is 2. The first kappa shape index (κ1) is 19.0. The van der Waals surface area contributed by atoms with Gasteiger partial charge >= 0.3 is 0 Å². The molecule has 0 aliphatic rings. The fourth-order valence-electron chi connectivity index (χ4n) is 2.80. The zero-order valence-electron chi connectivity index (χ0n) is 16.4. The highest BCUT2D eigenvalue weighted by Crippen LogP contribution is 2.19. The van der Waals surface area contributed by atoms with Crippen molar-refractivity contribution in [3.63, 3.8) is 0 Å². The monoisotopic (exact) mass is 365 g/mol. The van der Waals surface area contributed by atoms with Gasteiger partial charge in [0, 0.05) is 6.04 Å². The molecule has 1 aromatic heterocycles. The van der Waals surface area contributed by atoms with Crippen molar-refractivity contribution in [3.8, 4) is 5.75 Å². The number of benzene rings is 2. The van der Waals surface area contributed by atoms with Gasteiger partial charge in [0.15, 0.2) is 0 Å². The van der Waals surface area contributed by atoms with E-state index in [1.807, 2.05) is 66.9 Å². The molecule has 27 heavy (non-hydrogen) atoms. The van der Waals surface area contributed by atoms with Crippen LogP contribution in [0.5, 0.6) is 5.75 Å². The van der Waals surface area contributed by atoms with Gasteiger partial charge in [-0.1, -0.05) is 43.7 Å². The molecule has 1 unspecified atom stereocenters. The van der Waals surface area contributed by atoms with Gasteiger partial charge in [-0.3, -0.25) is 4.79 Å². The van der Waals surface area contributed by atoms with Crippen molar-refractivity contribution in [1.82, 2.24) is 14.9 Å². The number of carbonyl (C=O) groups is 1. The smallest absolute Gasteiger partial charge is 0.240 e. The van der Waals surface area contributed by atoms with Crippen molar-refractivity contribution >= 4 is 16.9 Å². The van der Waals surface area contributed by atoms with Gasteiger partial charge in [-0.05, 0) is 44.0 Å². The summed E-state index contributed by atoms with van der Waals surface area (Å²) in [5.41, 5.74) is 2.99. The summed E-state index contributed by atoms with van der Waals surface area (Å²) in [5.74, 6) is 1.90. The van der Waals surface area contributed by atoms with Crippen LogP contribution in [0.1, 0.15) is 32.2 Å². The Morgan fingerprint density at radius 3 is 2.52 bits per heavy atom. The Morgan fingerprint density at radius 2 is 1.81 bits per heavy atom. The summed E-state index contributed by atoms with van der Waals surface area (Å²) in [7, 11) is 0. The lowest BCUT2D eigenvalue weighted by molar-refractivity contribution is -0.122. The summed E-state index contributed by atoms with van der Waals surface area (Å²) in [6, 6.07) is 15.9. The molecule has 2 aromatic carbocycles. The molecule has 3 aromatic rings. The van der Waals surface area contributed by atoms with Crippen LogP contribution >= 0.6 is 0 Å². The second kappa shape index (κ2) is 8.25. The SMILES string of the molecule is Cc1ccc(OCc2nc3ccccc3n2CC(=O)NC(C)C(C)C)cc1. The molecule has 5 nitrogen and oxygen atoms in total. The minimum atomic E-state index is -0.0176. The van der Waals surface area contributed by atoms with Crippen LogP contribution in [0.15, 0.2) is 48.5 Å². The Kier molecular flexibility index (Phi) is 5.79. The van der Waals surface area contributed by atoms with Gasteiger partial charge in [-0.25, -0.2) is 4.98 Å². The molecule has 0 spiro atoms. The van der Waals surface area contributed by atoms with Crippen molar-refractivity contribution in [3.05, 3.63) is 59.9 Å². The van der Waals surface area contributed by atoms with Crippen molar-refractivity contribution in [2.24, 2.45) is 5.92 Å². The number of ether oxygens (including phenoxy) is 1. The van der Waals surface area contributed by atoms with E-state index in [0.717, 1.165) is 22.6 Å². The fraction of sp³-hybridized carbons (Fsp3) is 0.364. The van der Waals surface area contributed by atoms with Crippen LogP contribution in [-0.2, 0) is 17.9 Å². The number of nitrogens with zero attached hydrogens (tertiary/aromatic N) is 2. The standard InChI is InChI=1S/C22H27N3O2/c1-15(2)17(4)23-22(26)13-25-20-8-6-5-7-19(20)24-21(25)14-27-18-11-9-16(3)10-12-18/h5-12,15,17H,13-14H2,1-4H3,(H,23,26). The molecule has 0 saturated heterocycles. The molecule has 3 rings (SSSR count). The van der Waals surface area contributed by atoms with Crippen LogP contribution in [0.25, 0.3) is 11.0 Å². The number of imidazole rings is 1. The van der Waals surface area contributed by atoms with E-state index in [1.165, 1.54) is 5.56 Å². The maximum Gasteiger partial charge on any atom is 0.240 e. The summed E-state index contributed by atoms with van der Waals surface area (Å²) in [6.45, 7) is 8.79. The number of hydrogen-bond acceptors (Lipinski definition) is 3. The maximum atomic E-state index is 12.5. The lowest BCUT2D eigenvalue weighted by atomic mass is 10.1. The van der Waals surface area contributed by atoms with E-state index in [9.17, 15) is 4.79 Å². The second-order valence-electron chi connectivity index (χ2n) is 7.30. The first-order chi connectivity index (χ1) is 12.9. The Hall–Kier alpha value is -2.82. The molecule has 142 valence electrons. The van der Waals surface area contributed by atoms with Gasteiger partial charge in [-0.2, -0.15) is 0 Å². The molecule has 0 aliphatic carbocycles. The summed E-state index contributed by atoms with van der Waals surface area (Å²) < 4.78 is 7.84. The van der Waals surface area contributed by atoms with Gasteiger partial charge in [0.1, 0.15) is 24.7 Å². The predicted octanol–water partition coefficient (Wildman–Crippen LogP) is 4.08. The van der Waals surface area contributed by atoms with E-state index in [4.69, 9.17) is 4.74 Å². The van der Waals surface area contributed by atoms with Gasteiger partial charge in [-0.15, -0.1) is 0 Å². The highest BCUT2D eigenvalue weighted by molar-refractivity contribution is 5.81. The molecule has 0 fully saturated rings. The van der Waals surface area contributed by atoms with Crippen LogP contribution in [0.2, 0.25) is 0 Å². The lowest BCUT2D eigenvalue weighted by Gasteiger charge is -2.18. The quantitative estimate of drug-likeness (QED) is 0.686. The van der Waals surface area contributed by atoms with E-state index < -0.39 is 0 Å². The average Bonchev–Trinajstić information content (AvgIpc) is 2.98. The highest BCUT2D eigenvalue weighted by Gasteiger charge is 2.16. The molecule has 0 radical (unpaired) electrons. The number of hydrogen-bond donors (Lipinski definition) is 1. The van der Waals surface area contributed by atoms with Crippen LogP contribution in [0.4, 0.5) is 0 Å². The molecular formula is C22H27N3O2. The molecule has 0 aliphatic heterocycles. The number of fused-ring (bicyclic) bond motifs is 1. The molecule has 0 saturated carbocycles. The number of nitrogens with one attached hydrogen (secondary N) is 1. The number of carbonyl (C=O) groups excluding carboxylic acids is 1. The molecule has 1 heterocycles. The van der Waals surface area contributed by atoms with Gasteiger partial charge in [0.25, 0.3) is 0 Å². The minimum absolute atomic E-state index is 0.0176. The van der Waals surface area contributed by atoms with Crippen molar-refractivity contribution in [2.45, 2.75) is 46.9 Å². The highest BCUT2D eigenvalue weighted by atomic mass is 16.5. The Bertz CT molecular complexity index is 913. The van der Waals surface area contributed by atoms with Crippen molar-refractivity contribution in [1.29, 1.82) is 0 Å². The predicted molar refractivity (Wildman–Crippen MR) is 108 cm³/mol. The van der Waals surface area contributed by atoms with Crippen molar-refractivity contribution in [2.75, 3.05) is 0 Å². The van der Waals surface area contributed by atoms with Crippen LogP contribution in [-0.4, -0.2) is 21.5 Å². The molecule has 1 atom stereocenters. The largest absolute Gasteiger partial charge is 0.486 e. The van der Waals surface area contributed by atoms with Gasteiger partial charge < -0.3 is 14.6 Å².